The van der Waals surface area contributed by atoms with Crippen molar-refractivity contribution in [2.45, 2.75) is 19.4 Å². The number of amides is 1. The molecule has 2 heterocycles. The first-order valence-electron chi connectivity index (χ1n) is 5.29. The van der Waals surface area contributed by atoms with Crippen LogP contribution < -0.4 is 5.32 Å². The highest BCUT2D eigenvalue weighted by molar-refractivity contribution is 7.10. The number of hydrogen-bond acceptors (Lipinski definition) is 3. The lowest BCUT2D eigenvalue weighted by atomic mass is 10.1. The highest BCUT2D eigenvalue weighted by Crippen LogP contribution is 2.23. The van der Waals surface area contributed by atoms with Crippen molar-refractivity contribution in [2.24, 2.45) is 0 Å². The van der Waals surface area contributed by atoms with E-state index in [1.165, 1.54) is 6.26 Å². The first-order valence-corrected chi connectivity index (χ1v) is 6.55. The summed E-state index contributed by atoms with van der Waals surface area (Å²) >= 11 is 7.39. The second kappa shape index (κ2) is 5.38. The minimum atomic E-state index is -0.205. The van der Waals surface area contributed by atoms with E-state index < -0.39 is 0 Å². The lowest BCUT2D eigenvalue weighted by Crippen LogP contribution is -2.27. The molecule has 0 fully saturated rings. The van der Waals surface area contributed by atoms with Crippen molar-refractivity contribution >= 4 is 28.8 Å². The van der Waals surface area contributed by atoms with Gasteiger partial charge < -0.3 is 9.73 Å². The van der Waals surface area contributed by atoms with Gasteiger partial charge in [0, 0.05) is 4.88 Å². The monoisotopic (exact) mass is 269 g/mol. The number of halogens is 1. The number of nitrogens with one attached hydrogen (secondary N) is 1. The van der Waals surface area contributed by atoms with Crippen LogP contribution in [0.1, 0.15) is 34.6 Å². The molecule has 1 unspecified atom stereocenters. The van der Waals surface area contributed by atoms with Crippen molar-refractivity contribution in [2.75, 3.05) is 0 Å². The molecule has 3 nitrogen and oxygen atoms in total. The first-order chi connectivity index (χ1) is 8.22. The highest BCUT2D eigenvalue weighted by atomic mass is 35.5. The van der Waals surface area contributed by atoms with Crippen LogP contribution in [-0.4, -0.2) is 5.91 Å². The van der Waals surface area contributed by atoms with Crippen molar-refractivity contribution in [1.82, 2.24) is 5.32 Å². The molecular formula is C12H12ClNO2S. The van der Waals surface area contributed by atoms with Crippen molar-refractivity contribution < 1.29 is 9.21 Å². The van der Waals surface area contributed by atoms with Crippen molar-refractivity contribution in [1.29, 1.82) is 0 Å². The number of carbonyl (C=O) groups is 1. The van der Waals surface area contributed by atoms with Crippen LogP contribution in [0, 0.1) is 0 Å². The maximum absolute atomic E-state index is 11.9. The minimum absolute atomic E-state index is 0.0217. The Morgan fingerprint density at radius 1 is 1.59 bits per heavy atom. The van der Waals surface area contributed by atoms with Gasteiger partial charge in [-0.1, -0.05) is 13.0 Å². The Morgan fingerprint density at radius 2 is 2.41 bits per heavy atom. The predicted octanol–water partition coefficient (Wildman–Crippen LogP) is 3.88. The third kappa shape index (κ3) is 2.70. The van der Waals surface area contributed by atoms with Gasteiger partial charge in [0.15, 0.2) is 0 Å². The molecule has 0 aliphatic rings. The van der Waals surface area contributed by atoms with Crippen LogP contribution in [0.5, 0.6) is 0 Å². The maximum atomic E-state index is 11.9. The summed E-state index contributed by atoms with van der Waals surface area (Å²) in [5.74, 6) is -0.205. The smallest absolute Gasteiger partial charge is 0.256 e. The van der Waals surface area contributed by atoms with Crippen LogP contribution in [0.2, 0.25) is 5.22 Å². The van der Waals surface area contributed by atoms with Crippen molar-refractivity contribution in [3.63, 3.8) is 0 Å². The third-order valence-electron chi connectivity index (χ3n) is 2.46. The first kappa shape index (κ1) is 12.2. The maximum Gasteiger partial charge on any atom is 0.256 e. The molecule has 0 radical (unpaired) electrons. The van der Waals surface area contributed by atoms with Gasteiger partial charge in [-0.25, -0.2) is 0 Å². The van der Waals surface area contributed by atoms with E-state index in [2.05, 4.69) is 5.32 Å². The van der Waals surface area contributed by atoms with Crippen molar-refractivity contribution in [3.05, 3.63) is 45.5 Å². The van der Waals surface area contributed by atoms with Crippen LogP contribution in [0.15, 0.2) is 34.3 Å². The van der Waals surface area contributed by atoms with E-state index in [0.29, 0.717) is 5.56 Å². The van der Waals surface area contributed by atoms with Gasteiger partial charge in [-0.2, -0.15) is 0 Å². The topological polar surface area (TPSA) is 42.2 Å². The van der Waals surface area contributed by atoms with E-state index in [1.54, 1.807) is 17.4 Å². The summed E-state index contributed by atoms with van der Waals surface area (Å²) in [5.41, 5.74) is 0.377. The molecule has 90 valence electrons. The fourth-order valence-electron chi connectivity index (χ4n) is 1.56. The zero-order valence-electron chi connectivity index (χ0n) is 9.27. The van der Waals surface area contributed by atoms with Crippen molar-refractivity contribution in [3.8, 4) is 0 Å². The average molecular weight is 270 g/mol. The Hall–Kier alpha value is -1.26. The molecule has 1 N–H and O–H groups in total. The molecule has 0 spiro atoms. The van der Waals surface area contributed by atoms with Gasteiger partial charge in [-0.3, -0.25) is 4.79 Å². The average Bonchev–Trinajstić information content (AvgIpc) is 2.96. The van der Waals surface area contributed by atoms with Crippen LogP contribution >= 0.6 is 22.9 Å². The zero-order chi connectivity index (χ0) is 12.3. The fraction of sp³-hybridized carbons (Fsp3) is 0.250. The number of furan rings is 1. The van der Waals surface area contributed by atoms with Crippen LogP contribution in [0.4, 0.5) is 0 Å². The summed E-state index contributed by atoms with van der Waals surface area (Å²) in [4.78, 5) is 13.1. The summed E-state index contributed by atoms with van der Waals surface area (Å²) in [5, 5.41) is 5.06. The molecule has 0 saturated carbocycles. The van der Waals surface area contributed by atoms with Gasteiger partial charge in [-0.15, -0.1) is 11.3 Å². The number of hydrogen-bond donors (Lipinski definition) is 1. The molecule has 2 aromatic heterocycles. The largest absolute Gasteiger partial charge is 0.452 e. The van der Waals surface area contributed by atoms with E-state index in [1.807, 2.05) is 24.4 Å². The van der Waals surface area contributed by atoms with Gasteiger partial charge >= 0.3 is 0 Å². The van der Waals surface area contributed by atoms with Crippen LogP contribution in [0.25, 0.3) is 0 Å². The van der Waals surface area contributed by atoms with Crippen LogP contribution in [-0.2, 0) is 0 Å². The molecule has 1 amide bonds. The van der Waals surface area contributed by atoms with E-state index >= 15 is 0 Å². The SMILES string of the molecule is CCC(NC(=O)c1ccoc1Cl)c1cccs1. The van der Waals surface area contributed by atoms with E-state index in [-0.39, 0.29) is 17.2 Å². The van der Waals surface area contributed by atoms with Gasteiger partial charge in [0.1, 0.15) is 0 Å². The molecule has 5 heteroatoms. The molecule has 2 rings (SSSR count). The Balaban J connectivity index is 2.10. The molecular weight excluding hydrogens is 258 g/mol. The molecule has 17 heavy (non-hydrogen) atoms. The zero-order valence-corrected chi connectivity index (χ0v) is 10.8. The summed E-state index contributed by atoms with van der Waals surface area (Å²) in [6.45, 7) is 2.03. The molecule has 0 aromatic carbocycles. The number of thiophene rings is 1. The van der Waals surface area contributed by atoms with E-state index in [9.17, 15) is 4.79 Å². The lowest BCUT2D eigenvalue weighted by Gasteiger charge is -2.14. The molecule has 0 bridgehead atoms. The van der Waals surface area contributed by atoms with E-state index in [0.717, 1.165) is 11.3 Å². The Kier molecular flexibility index (Phi) is 3.86. The summed E-state index contributed by atoms with van der Waals surface area (Å²) in [7, 11) is 0. The summed E-state index contributed by atoms with van der Waals surface area (Å²) in [6.07, 6.45) is 2.24. The van der Waals surface area contributed by atoms with E-state index in [4.69, 9.17) is 16.0 Å². The molecule has 0 aliphatic carbocycles. The standard InChI is InChI=1S/C12H12ClNO2S/c1-2-9(10-4-3-7-17-10)14-12(15)8-5-6-16-11(8)13/h3-7,9H,2H2,1H3,(H,14,15). The predicted molar refractivity (Wildman–Crippen MR) is 68.5 cm³/mol. The molecule has 2 aromatic rings. The second-order valence-electron chi connectivity index (χ2n) is 3.56. The minimum Gasteiger partial charge on any atom is -0.452 e. The molecule has 0 aliphatic heterocycles. The number of rotatable bonds is 4. The third-order valence-corrected chi connectivity index (χ3v) is 3.74. The Bertz CT molecular complexity index is 492. The number of carbonyl (C=O) groups excluding carboxylic acids is 1. The van der Waals surface area contributed by atoms with Gasteiger partial charge in [0.05, 0.1) is 17.9 Å². The quantitative estimate of drug-likeness (QED) is 0.915. The highest BCUT2D eigenvalue weighted by Gasteiger charge is 2.18. The molecule has 0 saturated heterocycles. The van der Waals surface area contributed by atoms with Gasteiger partial charge in [0.2, 0.25) is 5.22 Å². The lowest BCUT2D eigenvalue weighted by molar-refractivity contribution is 0.0936. The second-order valence-corrected chi connectivity index (χ2v) is 4.88. The normalized spacial score (nSPS) is 12.4. The van der Waals surface area contributed by atoms with Gasteiger partial charge in [0.25, 0.3) is 5.91 Å². The van der Waals surface area contributed by atoms with Gasteiger partial charge in [-0.05, 0) is 35.5 Å². The van der Waals surface area contributed by atoms with Crippen LogP contribution in [0.3, 0.4) is 0 Å². The molecule has 1 atom stereocenters. The Morgan fingerprint density at radius 3 is 2.94 bits per heavy atom. The summed E-state index contributed by atoms with van der Waals surface area (Å²) in [6, 6.07) is 5.57. The Labute approximate surface area is 108 Å². The summed E-state index contributed by atoms with van der Waals surface area (Å²) < 4.78 is 4.90. The fourth-order valence-corrected chi connectivity index (χ4v) is 2.62.